The van der Waals surface area contributed by atoms with Gasteiger partial charge < -0.3 is 0 Å². The molecule has 17 heavy (non-hydrogen) atoms. The lowest BCUT2D eigenvalue weighted by molar-refractivity contribution is 0.815. The van der Waals surface area contributed by atoms with E-state index in [2.05, 4.69) is 62.9 Å². The Kier molecular flexibility index (Phi) is 3.28. The molecule has 2 rings (SSSR count). The maximum Gasteiger partial charge on any atom is 0.0429 e. The highest BCUT2D eigenvalue weighted by molar-refractivity contribution is 8.32. The summed E-state index contributed by atoms with van der Waals surface area (Å²) >= 11 is 0. The van der Waals surface area contributed by atoms with E-state index in [-0.39, 0.29) is 0 Å². The molecule has 0 N–H and O–H groups in total. The normalized spacial score (nSPS) is 29.5. The summed E-state index contributed by atoms with van der Waals surface area (Å²) in [6.45, 7) is 6.79. The van der Waals surface area contributed by atoms with E-state index in [1.165, 1.54) is 11.3 Å². The molecule has 1 aliphatic rings. The Morgan fingerprint density at radius 2 is 1.82 bits per heavy atom. The van der Waals surface area contributed by atoms with Crippen molar-refractivity contribution >= 4 is 10.0 Å². The first-order chi connectivity index (χ1) is 7.82. The van der Waals surface area contributed by atoms with Gasteiger partial charge in [0.1, 0.15) is 0 Å². The zero-order chi connectivity index (χ0) is 12.8. The molecule has 0 radical (unpaired) electrons. The van der Waals surface area contributed by atoms with Crippen molar-refractivity contribution in [1.82, 2.24) is 4.98 Å². The van der Waals surface area contributed by atoms with Gasteiger partial charge >= 0.3 is 0 Å². The van der Waals surface area contributed by atoms with Crippen molar-refractivity contribution in [3.63, 3.8) is 0 Å². The third kappa shape index (κ3) is 2.52. The Morgan fingerprint density at radius 3 is 2.18 bits per heavy atom. The number of rotatable bonds is 3. The van der Waals surface area contributed by atoms with Crippen LogP contribution < -0.4 is 0 Å². The highest BCUT2D eigenvalue weighted by Crippen LogP contribution is 2.65. The van der Waals surface area contributed by atoms with E-state index in [9.17, 15) is 0 Å². The molecular weight excluding hydrogens is 226 g/mol. The van der Waals surface area contributed by atoms with Gasteiger partial charge in [-0.2, -0.15) is 0 Å². The molecule has 1 aromatic rings. The quantitative estimate of drug-likeness (QED) is 0.791. The van der Waals surface area contributed by atoms with Crippen molar-refractivity contribution in [2.24, 2.45) is 5.92 Å². The molecule has 1 heterocycles. The van der Waals surface area contributed by atoms with E-state index in [4.69, 9.17) is 0 Å². The number of hydrogen-bond acceptors (Lipinski definition) is 1. The van der Waals surface area contributed by atoms with Crippen LogP contribution >= 0.6 is 10.0 Å². The predicted molar refractivity (Wildman–Crippen MR) is 79.4 cm³/mol. The lowest BCUT2D eigenvalue weighted by Crippen LogP contribution is -2.02. The molecule has 0 spiro atoms. The summed E-state index contributed by atoms with van der Waals surface area (Å²) in [6, 6.07) is 4.51. The first kappa shape index (κ1) is 12.9. The fourth-order valence-corrected chi connectivity index (χ4v) is 5.61. The van der Waals surface area contributed by atoms with Gasteiger partial charge in [0.15, 0.2) is 0 Å². The number of pyridine rings is 1. The average Bonchev–Trinajstić information content (AvgIpc) is 2.90. The van der Waals surface area contributed by atoms with Crippen molar-refractivity contribution in [3.8, 4) is 0 Å². The maximum absolute atomic E-state index is 4.60. The third-order valence-electron chi connectivity index (χ3n) is 3.90. The van der Waals surface area contributed by atoms with Gasteiger partial charge in [-0.25, -0.2) is 10.0 Å². The Labute approximate surface area is 107 Å². The molecule has 96 valence electrons. The molecule has 1 nitrogen and oxygen atoms in total. The van der Waals surface area contributed by atoms with Crippen LogP contribution in [0.3, 0.4) is 0 Å². The lowest BCUT2D eigenvalue weighted by atomic mass is 10.1. The van der Waals surface area contributed by atoms with Gasteiger partial charge in [0, 0.05) is 11.9 Å². The molecule has 1 aromatic heterocycles. The predicted octanol–water partition coefficient (Wildman–Crippen LogP) is 4.00. The summed E-state index contributed by atoms with van der Waals surface area (Å²) in [5.74, 6) is 2.14. The van der Waals surface area contributed by atoms with Crippen molar-refractivity contribution < 1.29 is 0 Å². The molecule has 0 aromatic carbocycles. The van der Waals surface area contributed by atoms with Crippen molar-refractivity contribution in [1.29, 1.82) is 0 Å². The monoisotopic (exact) mass is 251 g/mol. The fraction of sp³-hybridized carbons (Fsp3) is 0.667. The first-order valence-corrected chi connectivity index (χ1v) is 9.37. The molecular formula is C15H25NS. The standard InChI is InChI=1S/C15H25NS/c1-10(2)13-8-7-12(9-16-13)14-11(3)15(14)17(4,5)6/h7-11,14-15H,1-6H3. The highest BCUT2D eigenvalue weighted by Gasteiger charge is 2.51. The Hall–Kier alpha value is -0.500. The maximum atomic E-state index is 4.60. The van der Waals surface area contributed by atoms with E-state index in [0.717, 1.165) is 17.1 Å². The van der Waals surface area contributed by atoms with Crippen molar-refractivity contribution in [3.05, 3.63) is 29.6 Å². The van der Waals surface area contributed by atoms with Crippen LogP contribution in [0.5, 0.6) is 0 Å². The second kappa shape index (κ2) is 4.31. The van der Waals surface area contributed by atoms with Gasteiger partial charge in [-0.05, 0) is 53.4 Å². The summed E-state index contributed by atoms with van der Waals surface area (Å²) in [6.07, 6.45) is 9.42. The van der Waals surface area contributed by atoms with E-state index in [1.807, 2.05) is 0 Å². The van der Waals surface area contributed by atoms with Crippen LogP contribution in [0, 0.1) is 5.92 Å². The zero-order valence-corrected chi connectivity index (χ0v) is 12.7. The summed E-state index contributed by atoms with van der Waals surface area (Å²) in [5.41, 5.74) is 2.66. The van der Waals surface area contributed by atoms with E-state index in [0.29, 0.717) is 5.92 Å². The topological polar surface area (TPSA) is 12.9 Å². The second-order valence-electron chi connectivity index (χ2n) is 6.45. The largest absolute Gasteiger partial charge is 0.261 e. The average molecular weight is 251 g/mol. The van der Waals surface area contributed by atoms with E-state index < -0.39 is 10.0 Å². The van der Waals surface area contributed by atoms with E-state index >= 15 is 0 Å². The molecule has 3 atom stereocenters. The molecule has 0 saturated heterocycles. The van der Waals surface area contributed by atoms with Gasteiger partial charge in [-0.1, -0.05) is 26.8 Å². The van der Waals surface area contributed by atoms with Crippen LogP contribution in [-0.2, 0) is 0 Å². The van der Waals surface area contributed by atoms with Crippen LogP contribution in [0.1, 0.15) is 43.9 Å². The minimum atomic E-state index is -0.430. The highest BCUT2D eigenvalue weighted by atomic mass is 32.3. The van der Waals surface area contributed by atoms with Gasteiger partial charge in [0.05, 0.1) is 0 Å². The third-order valence-corrected chi connectivity index (χ3v) is 6.26. The molecule has 1 fully saturated rings. The Bertz CT molecular complexity index is 388. The Balaban J connectivity index is 2.15. The molecule has 3 unspecified atom stereocenters. The fourth-order valence-electron chi connectivity index (χ4n) is 2.96. The summed E-state index contributed by atoms with van der Waals surface area (Å²) in [7, 11) is -0.430. The van der Waals surface area contributed by atoms with Crippen LogP contribution in [0.15, 0.2) is 18.3 Å². The van der Waals surface area contributed by atoms with Crippen molar-refractivity contribution in [2.45, 2.75) is 37.9 Å². The molecule has 0 amide bonds. The number of nitrogens with zero attached hydrogens (tertiary/aromatic N) is 1. The number of aromatic nitrogens is 1. The second-order valence-corrected chi connectivity index (χ2v) is 10.9. The Morgan fingerprint density at radius 1 is 1.18 bits per heavy atom. The molecule has 2 heteroatoms. The SMILES string of the molecule is CC(C)c1ccc(C2C(C)C2S(C)(C)C)cn1. The molecule has 1 aliphatic carbocycles. The lowest BCUT2D eigenvalue weighted by Gasteiger charge is -2.26. The van der Waals surface area contributed by atoms with Crippen LogP contribution in [0.25, 0.3) is 0 Å². The summed E-state index contributed by atoms with van der Waals surface area (Å²) < 4.78 is 0. The van der Waals surface area contributed by atoms with Crippen molar-refractivity contribution in [2.75, 3.05) is 18.8 Å². The molecule has 0 aliphatic heterocycles. The van der Waals surface area contributed by atoms with Gasteiger partial charge in [0.2, 0.25) is 0 Å². The number of hydrogen-bond donors (Lipinski definition) is 0. The van der Waals surface area contributed by atoms with Crippen LogP contribution in [-0.4, -0.2) is 29.0 Å². The smallest absolute Gasteiger partial charge is 0.0429 e. The van der Waals surface area contributed by atoms with Crippen LogP contribution in [0.4, 0.5) is 0 Å². The minimum absolute atomic E-state index is 0.430. The summed E-state index contributed by atoms with van der Waals surface area (Å²) in [5, 5.41) is 0.897. The minimum Gasteiger partial charge on any atom is -0.261 e. The van der Waals surface area contributed by atoms with E-state index in [1.54, 1.807) is 0 Å². The van der Waals surface area contributed by atoms with Gasteiger partial charge in [-0.3, -0.25) is 4.98 Å². The van der Waals surface area contributed by atoms with Crippen LogP contribution in [0.2, 0.25) is 0 Å². The molecule has 1 saturated carbocycles. The first-order valence-electron chi connectivity index (χ1n) is 6.45. The summed E-state index contributed by atoms with van der Waals surface area (Å²) in [4.78, 5) is 4.60. The van der Waals surface area contributed by atoms with Gasteiger partial charge in [-0.15, -0.1) is 0 Å². The zero-order valence-electron chi connectivity index (χ0n) is 11.9. The van der Waals surface area contributed by atoms with Gasteiger partial charge in [0.25, 0.3) is 0 Å². The molecule has 0 bridgehead atoms.